The van der Waals surface area contributed by atoms with Crippen LogP contribution in [0.4, 0.5) is 0 Å². The van der Waals surface area contributed by atoms with Gasteiger partial charge in [0.1, 0.15) is 0 Å². The Morgan fingerprint density at radius 2 is 1.88 bits per heavy atom. The average Bonchev–Trinajstić information content (AvgIpc) is 2.81. The van der Waals surface area contributed by atoms with Gasteiger partial charge in [0.25, 0.3) is 0 Å². The van der Waals surface area contributed by atoms with Gasteiger partial charge in [-0.15, -0.1) is 0 Å². The Hall–Kier alpha value is -0.0800. The Labute approximate surface area is 107 Å². The lowest BCUT2D eigenvalue weighted by atomic mass is 9.83. The van der Waals surface area contributed by atoms with E-state index in [0.717, 1.165) is 6.04 Å². The summed E-state index contributed by atoms with van der Waals surface area (Å²) in [7, 11) is 0. The lowest BCUT2D eigenvalue weighted by molar-refractivity contribution is -0.0170. The molecule has 1 saturated heterocycles. The normalized spacial score (nSPS) is 35.3. The first kappa shape index (κ1) is 13.4. The third kappa shape index (κ3) is 2.39. The molecular weight excluding hydrogens is 208 g/mol. The fourth-order valence-electron chi connectivity index (χ4n) is 3.66. The van der Waals surface area contributed by atoms with E-state index in [0.29, 0.717) is 11.1 Å². The zero-order valence-electron chi connectivity index (χ0n) is 12.2. The van der Waals surface area contributed by atoms with Gasteiger partial charge < -0.3 is 5.32 Å². The second kappa shape index (κ2) is 4.89. The van der Waals surface area contributed by atoms with Crippen LogP contribution < -0.4 is 5.32 Å². The first-order valence-corrected chi connectivity index (χ1v) is 7.57. The van der Waals surface area contributed by atoms with E-state index in [9.17, 15) is 0 Å². The van der Waals surface area contributed by atoms with Crippen LogP contribution in [0.5, 0.6) is 0 Å². The van der Waals surface area contributed by atoms with Gasteiger partial charge in [-0.2, -0.15) is 0 Å². The van der Waals surface area contributed by atoms with E-state index in [1.807, 2.05) is 0 Å². The van der Waals surface area contributed by atoms with Crippen molar-refractivity contribution in [1.29, 1.82) is 0 Å². The highest BCUT2D eigenvalue weighted by Crippen LogP contribution is 2.40. The van der Waals surface area contributed by atoms with Gasteiger partial charge in [0.15, 0.2) is 0 Å². The monoisotopic (exact) mass is 238 g/mol. The third-order valence-corrected chi connectivity index (χ3v) is 5.41. The summed E-state index contributed by atoms with van der Waals surface area (Å²) in [6.45, 7) is 11.9. The highest BCUT2D eigenvalue weighted by Gasteiger charge is 2.47. The van der Waals surface area contributed by atoms with Crippen molar-refractivity contribution in [2.45, 2.75) is 83.3 Å². The maximum absolute atomic E-state index is 3.85. The molecule has 2 aliphatic rings. The number of hydrogen-bond donors (Lipinski definition) is 1. The Kier molecular flexibility index (Phi) is 3.84. The SMILES string of the molecule is CCC(C)N1CC(C)(CC)NCC12CCCC2. The third-order valence-electron chi connectivity index (χ3n) is 5.41. The molecule has 0 aromatic carbocycles. The lowest BCUT2D eigenvalue weighted by Crippen LogP contribution is -2.69. The number of piperazine rings is 1. The predicted molar refractivity (Wildman–Crippen MR) is 74.4 cm³/mol. The van der Waals surface area contributed by atoms with Crippen molar-refractivity contribution in [2.75, 3.05) is 13.1 Å². The Morgan fingerprint density at radius 3 is 2.41 bits per heavy atom. The smallest absolute Gasteiger partial charge is 0.0337 e. The van der Waals surface area contributed by atoms with Crippen molar-refractivity contribution in [3.05, 3.63) is 0 Å². The minimum absolute atomic E-state index is 0.331. The molecule has 1 N–H and O–H groups in total. The maximum atomic E-state index is 3.85. The van der Waals surface area contributed by atoms with Gasteiger partial charge in [0, 0.05) is 30.2 Å². The van der Waals surface area contributed by atoms with Crippen molar-refractivity contribution < 1.29 is 0 Å². The van der Waals surface area contributed by atoms with Crippen LogP contribution in [-0.2, 0) is 0 Å². The summed E-state index contributed by atoms with van der Waals surface area (Å²) in [6.07, 6.45) is 8.18. The van der Waals surface area contributed by atoms with E-state index >= 15 is 0 Å². The second-order valence-corrected chi connectivity index (χ2v) is 6.58. The molecule has 1 aliphatic heterocycles. The molecule has 1 spiro atoms. The lowest BCUT2D eigenvalue weighted by Gasteiger charge is -2.54. The summed E-state index contributed by atoms with van der Waals surface area (Å²) in [4.78, 5) is 2.85. The average molecular weight is 238 g/mol. The van der Waals surface area contributed by atoms with Crippen LogP contribution in [0.1, 0.15) is 66.2 Å². The van der Waals surface area contributed by atoms with Crippen LogP contribution in [0.25, 0.3) is 0 Å². The second-order valence-electron chi connectivity index (χ2n) is 6.58. The van der Waals surface area contributed by atoms with Crippen molar-refractivity contribution in [3.63, 3.8) is 0 Å². The fraction of sp³-hybridized carbons (Fsp3) is 1.00. The van der Waals surface area contributed by atoms with E-state index in [4.69, 9.17) is 0 Å². The fourth-order valence-corrected chi connectivity index (χ4v) is 3.66. The highest BCUT2D eigenvalue weighted by molar-refractivity contribution is 5.06. The van der Waals surface area contributed by atoms with Crippen LogP contribution in [-0.4, -0.2) is 35.1 Å². The Bertz CT molecular complexity index is 258. The molecule has 0 amide bonds. The summed E-state index contributed by atoms with van der Waals surface area (Å²) in [5.41, 5.74) is 0.821. The molecule has 0 aromatic heterocycles. The van der Waals surface area contributed by atoms with Crippen molar-refractivity contribution in [3.8, 4) is 0 Å². The molecule has 17 heavy (non-hydrogen) atoms. The molecule has 1 saturated carbocycles. The zero-order valence-corrected chi connectivity index (χ0v) is 12.2. The summed E-state index contributed by atoms with van der Waals surface area (Å²) >= 11 is 0. The van der Waals surface area contributed by atoms with Crippen LogP contribution in [0.2, 0.25) is 0 Å². The van der Waals surface area contributed by atoms with E-state index in [2.05, 4.69) is 37.9 Å². The number of hydrogen-bond acceptors (Lipinski definition) is 2. The molecule has 1 heterocycles. The Morgan fingerprint density at radius 1 is 1.24 bits per heavy atom. The van der Waals surface area contributed by atoms with Crippen molar-refractivity contribution >= 4 is 0 Å². The molecule has 2 heteroatoms. The van der Waals surface area contributed by atoms with Crippen molar-refractivity contribution in [1.82, 2.24) is 10.2 Å². The van der Waals surface area contributed by atoms with Gasteiger partial charge in [-0.05, 0) is 39.5 Å². The summed E-state index contributed by atoms with van der Waals surface area (Å²) in [5, 5.41) is 3.85. The minimum atomic E-state index is 0.331. The first-order valence-electron chi connectivity index (χ1n) is 7.57. The van der Waals surface area contributed by atoms with Crippen LogP contribution in [0.3, 0.4) is 0 Å². The minimum Gasteiger partial charge on any atom is -0.308 e. The molecular formula is C15H30N2. The van der Waals surface area contributed by atoms with Gasteiger partial charge in [-0.1, -0.05) is 26.7 Å². The van der Waals surface area contributed by atoms with Gasteiger partial charge in [-0.25, -0.2) is 0 Å². The maximum Gasteiger partial charge on any atom is 0.0337 e. The molecule has 2 fully saturated rings. The molecule has 2 unspecified atom stereocenters. The molecule has 2 nitrogen and oxygen atoms in total. The molecule has 0 bridgehead atoms. The number of rotatable bonds is 3. The molecule has 2 atom stereocenters. The zero-order chi connectivity index (χ0) is 12.5. The van der Waals surface area contributed by atoms with Gasteiger partial charge in [0.2, 0.25) is 0 Å². The molecule has 100 valence electrons. The van der Waals surface area contributed by atoms with Crippen molar-refractivity contribution in [2.24, 2.45) is 0 Å². The number of nitrogens with one attached hydrogen (secondary N) is 1. The van der Waals surface area contributed by atoms with E-state index in [1.54, 1.807) is 0 Å². The van der Waals surface area contributed by atoms with Crippen LogP contribution in [0.15, 0.2) is 0 Å². The van der Waals surface area contributed by atoms with Crippen LogP contribution >= 0.6 is 0 Å². The predicted octanol–water partition coefficient (Wildman–Crippen LogP) is 3.17. The summed E-state index contributed by atoms with van der Waals surface area (Å²) in [5.74, 6) is 0. The summed E-state index contributed by atoms with van der Waals surface area (Å²) < 4.78 is 0. The molecule has 1 aliphatic carbocycles. The summed E-state index contributed by atoms with van der Waals surface area (Å²) in [6, 6.07) is 0.737. The molecule has 0 aromatic rings. The molecule has 2 rings (SSSR count). The molecule has 0 radical (unpaired) electrons. The quantitative estimate of drug-likeness (QED) is 0.812. The van der Waals surface area contributed by atoms with Crippen LogP contribution in [0, 0.1) is 0 Å². The first-order chi connectivity index (χ1) is 8.05. The van der Waals surface area contributed by atoms with Gasteiger partial charge in [0.05, 0.1) is 0 Å². The van der Waals surface area contributed by atoms with E-state index in [-0.39, 0.29) is 0 Å². The largest absolute Gasteiger partial charge is 0.308 e. The van der Waals surface area contributed by atoms with Gasteiger partial charge in [-0.3, -0.25) is 4.90 Å². The number of nitrogens with zero attached hydrogens (tertiary/aromatic N) is 1. The highest BCUT2D eigenvalue weighted by atomic mass is 15.3. The standard InChI is InChI=1S/C15H30N2/c1-5-13(3)17-12-14(4,6-2)16-11-15(17)9-7-8-10-15/h13,16H,5-12H2,1-4H3. The Balaban J connectivity index is 2.18. The van der Waals surface area contributed by atoms with E-state index < -0.39 is 0 Å². The topological polar surface area (TPSA) is 15.3 Å². The van der Waals surface area contributed by atoms with E-state index in [1.165, 1.54) is 51.6 Å². The van der Waals surface area contributed by atoms with Gasteiger partial charge >= 0.3 is 0 Å².